The van der Waals surface area contributed by atoms with Crippen LogP contribution in [-0.4, -0.2) is 52.0 Å². The first-order valence-corrected chi connectivity index (χ1v) is 11.6. The number of rotatable bonds is 8. The van der Waals surface area contributed by atoms with E-state index in [1.807, 2.05) is 6.92 Å². The number of likely N-dealkylation sites (tertiary alicyclic amines) is 1. The SMILES string of the molecule is CCNC(=NCc1ccc(S(N)(=O)=O)s1)NCCCN1CCC(C)CC1. The molecule has 0 saturated carbocycles. The van der Waals surface area contributed by atoms with E-state index in [2.05, 4.69) is 27.4 Å². The van der Waals surface area contributed by atoms with E-state index in [0.717, 1.165) is 54.1 Å². The molecule has 0 radical (unpaired) electrons. The molecule has 26 heavy (non-hydrogen) atoms. The van der Waals surface area contributed by atoms with Crippen LogP contribution in [0.4, 0.5) is 0 Å². The van der Waals surface area contributed by atoms with Crippen LogP contribution in [0.15, 0.2) is 21.3 Å². The number of nitrogens with two attached hydrogens (primary N) is 1. The zero-order chi connectivity index (χ0) is 19.0. The molecule has 0 aromatic carbocycles. The van der Waals surface area contributed by atoms with Crippen molar-refractivity contribution >= 4 is 27.3 Å². The van der Waals surface area contributed by atoms with Crippen LogP contribution in [-0.2, 0) is 16.6 Å². The third kappa shape index (κ3) is 7.22. The van der Waals surface area contributed by atoms with Crippen LogP contribution in [0.2, 0.25) is 0 Å². The van der Waals surface area contributed by atoms with Crippen molar-refractivity contribution in [3.8, 4) is 0 Å². The van der Waals surface area contributed by atoms with Crippen molar-refractivity contribution in [2.24, 2.45) is 16.0 Å². The second-order valence-corrected chi connectivity index (χ2v) is 9.72. The minimum atomic E-state index is -3.63. The van der Waals surface area contributed by atoms with Gasteiger partial charge >= 0.3 is 0 Å². The highest BCUT2D eigenvalue weighted by Crippen LogP contribution is 2.20. The summed E-state index contributed by atoms with van der Waals surface area (Å²) in [5, 5.41) is 11.7. The van der Waals surface area contributed by atoms with E-state index in [0.29, 0.717) is 6.54 Å². The molecule has 1 aromatic rings. The van der Waals surface area contributed by atoms with Crippen LogP contribution >= 0.6 is 11.3 Å². The predicted octanol–water partition coefficient (Wildman–Crippen LogP) is 1.57. The minimum absolute atomic E-state index is 0.177. The molecule has 1 aromatic heterocycles. The Balaban J connectivity index is 1.76. The van der Waals surface area contributed by atoms with Gasteiger partial charge in [0.25, 0.3) is 0 Å². The average molecular weight is 402 g/mol. The van der Waals surface area contributed by atoms with Crippen LogP contribution in [0.25, 0.3) is 0 Å². The molecular weight excluding hydrogens is 370 g/mol. The van der Waals surface area contributed by atoms with Gasteiger partial charge in [-0.15, -0.1) is 11.3 Å². The van der Waals surface area contributed by atoms with Gasteiger partial charge in [-0.05, 0) is 63.9 Å². The molecule has 0 bridgehead atoms. The maximum absolute atomic E-state index is 11.3. The molecule has 0 spiro atoms. The van der Waals surface area contributed by atoms with E-state index in [4.69, 9.17) is 5.14 Å². The number of nitrogens with one attached hydrogen (secondary N) is 2. The summed E-state index contributed by atoms with van der Waals surface area (Å²) in [5.41, 5.74) is 0. The first-order chi connectivity index (χ1) is 12.4. The molecule has 4 N–H and O–H groups in total. The van der Waals surface area contributed by atoms with Crippen molar-refractivity contribution in [3.05, 3.63) is 17.0 Å². The molecule has 0 unspecified atom stereocenters. The van der Waals surface area contributed by atoms with E-state index in [-0.39, 0.29) is 4.21 Å². The van der Waals surface area contributed by atoms with Gasteiger partial charge in [-0.2, -0.15) is 0 Å². The van der Waals surface area contributed by atoms with E-state index in [9.17, 15) is 8.42 Å². The topological polar surface area (TPSA) is 99.8 Å². The Kier molecular flexibility index (Phi) is 8.33. The zero-order valence-corrected chi connectivity index (χ0v) is 17.3. The number of hydrogen-bond acceptors (Lipinski definition) is 5. The summed E-state index contributed by atoms with van der Waals surface area (Å²) in [6, 6.07) is 3.29. The third-order valence-corrected chi connectivity index (χ3v) is 6.98. The molecule has 0 aliphatic carbocycles. The number of piperidine rings is 1. The van der Waals surface area contributed by atoms with E-state index < -0.39 is 10.0 Å². The van der Waals surface area contributed by atoms with Gasteiger partial charge in [0.1, 0.15) is 4.21 Å². The maximum Gasteiger partial charge on any atom is 0.247 e. The Hall–Kier alpha value is -1.16. The van der Waals surface area contributed by atoms with Gasteiger partial charge in [-0.25, -0.2) is 18.5 Å². The normalized spacial score (nSPS) is 17.4. The Morgan fingerprint density at radius 2 is 2.08 bits per heavy atom. The molecular formula is C17H31N5O2S2. The number of thiophene rings is 1. The largest absolute Gasteiger partial charge is 0.357 e. The van der Waals surface area contributed by atoms with Gasteiger partial charge < -0.3 is 15.5 Å². The van der Waals surface area contributed by atoms with Crippen LogP contribution < -0.4 is 15.8 Å². The summed E-state index contributed by atoms with van der Waals surface area (Å²) in [4.78, 5) is 7.93. The number of aliphatic imine (C=N–C) groups is 1. The van der Waals surface area contributed by atoms with Gasteiger partial charge in [0.15, 0.2) is 5.96 Å². The van der Waals surface area contributed by atoms with E-state index in [1.165, 1.54) is 32.0 Å². The van der Waals surface area contributed by atoms with Crippen LogP contribution in [0, 0.1) is 5.92 Å². The Morgan fingerprint density at radius 3 is 2.69 bits per heavy atom. The second-order valence-electron chi connectivity index (χ2n) is 6.77. The van der Waals surface area contributed by atoms with Gasteiger partial charge in [-0.3, -0.25) is 0 Å². The van der Waals surface area contributed by atoms with E-state index in [1.54, 1.807) is 6.07 Å². The minimum Gasteiger partial charge on any atom is -0.357 e. The van der Waals surface area contributed by atoms with Crippen LogP contribution in [0.3, 0.4) is 0 Å². The van der Waals surface area contributed by atoms with Crippen LogP contribution in [0.1, 0.15) is 38.0 Å². The summed E-state index contributed by atoms with van der Waals surface area (Å²) < 4.78 is 22.8. The average Bonchev–Trinajstić information content (AvgIpc) is 3.07. The number of sulfonamides is 1. The molecule has 1 aliphatic heterocycles. The molecule has 148 valence electrons. The third-order valence-electron chi connectivity index (χ3n) is 4.47. The Morgan fingerprint density at radius 1 is 1.35 bits per heavy atom. The molecule has 1 aliphatic rings. The van der Waals surface area contributed by atoms with Crippen molar-refractivity contribution in [3.63, 3.8) is 0 Å². The van der Waals surface area contributed by atoms with Crippen LogP contribution in [0.5, 0.6) is 0 Å². The molecule has 1 saturated heterocycles. The maximum atomic E-state index is 11.3. The summed E-state index contributed by atoms with van der Waals surface area (Å²) in [6.45, 7) is 9.96. The van der Waals surface area contributed by atoms with Crippen molar-refractivity contribution in [2.45, 2.75) is 43.9 Å². The summed E-state index contributed by atoms with van der Waals surface area (Å²) in [6.07, 6.45) is 3.69. The molecule has 9 heteroatoms. The lowest BCUT2D eigenvalue weighted by Crippen LogP contribution is -2.39. The zero-order valence-electron chi connectivity index (χ0n) is 15.7. The van der Waals surface area contributed by atoms with Gasteiger partial charge in [0, 0.05) is 18.0 Å². The summed E-state index contributed by atoms with van der Waals surface area (Å²) in [5.74, 6) is 1.62. The fourth-order valence-corrected chi connectivity index (χ4v) is 4.59. The lowest BCUT2D eigenvalue weighted by atomic mass is 9.99. The Labute approximate surface area is 161 Å². The fourth-order valence-electron chi connectivity index (χ4n) is 2.89. The summed E-state index contributed by atoms with van der Waals surface area (Å²) >= 11 is 1.16. The lowest BCUT2D eigenvalue weighted by molar-refractivity contribution is 0.191. The molecule has 2 heterocycles. The van der Waals surface area contributed by atoms with Gasteiger partial charge in [-0.1, -0.05) is 6.92 Å². The number of guanidine groups is 1. The highest BCUT2D eigenvalue weighted by Gasteiger charge is 2.15. The quantitative estimate of drug-likeness (QED) is 0.349. The smallest absolute Gasteiger partial charge is 0.247 e. The highest BCUT2D eigenvalue weighted by molar-refractivity contribution is 7.91. The molecule has 1 fully saturated rings. The van der Waals surface area contributed by atoms with Crippen molar-refractivity contribution < 1.29 is 8.42 Å². The first kappa shape index (κ1) is 21.1. The van der Waals surface area contributed by atoms with Crippen molar-refractivity contribution in [1.29, 1.82) is 0 Å². The van der Waals surface area contributed by atoms with Gasteiger partial charge in [0.05, 0.1) is 6.54 Å². The molecule has 0 amide bonds. The predicted molar refractivity (Wildman–Crippen MR) is 108 cm³/mol. The fraction of sp³-hybridized carbons (Fsp3) is 0.706. The highest BCUT2D eigenvalue weighted by atomic mass is 32.2. The first-order valence-electron chi connectivity index (χ1n) is 9.24. The van der Waals surface area contributed by atoms with E-state index >= 15 is 0 Å². The van der Waals surface area contributed by atoms with Crippen molar-refractivity contribution in [2.75, 3.05) is 32.7 Å². The second kappa shape index (κ2) is 10.2. The lowest BCUT2D eigenvalue weighted by Gasteiger charge is -2.30. The summed E-state index contributed by atoms with van der Waals surface area (Å²) in [7, 11) is -3.63. The number of hydrogen-bond donors (Lipinski definition) is 3. The Bertz CT molecular complexity index is 679. The monoisotopic (exact) mass is 401 g/mol. The molecule has 7 nitrogen and oxygen atoms in total. The number of nitrogens with zero attached hydrogens (tertiary/aromatic N) is 2. The van der Waals surface area contributed by atoms with Crippen molar-refractivity contribution in [1.82, 2.24) is 15.5 Å². The molecule has 0 atom stereocenters. The number of primary sulfonamides is 1. The van der Waals surface area contributed by atoms with Gasteiger partial charge in [0.2, 0.25) is 10.0 Å². The standard InChI is InChI=1S/C17H31N5O2S2/c1-3-19-17(20-9-4-10-22-11-7-14(2)8-12-22)21-13-15-5-6-16(25-15)26(18,23)24/h5-6,14H,3-4,7-13H2,1-2H3,(H2,18,23,24)(H2,19,20,21). The molecule has 2 rings (SSSR count).